The highest BCUT2D eigenvalue weighted by Crippen LogP contribution is 2.75. The molecule has 7 heteroatoms. The van der Waals surface area contributed by atoms with E-state index in [1.807, 2.05) is 10.8 Å². The summed E-state index contributed by atoms with van der Waals surface area (Å²) in [6.45, 7) is 24.7. The number of carbonyl (C=O) groups is 1. The topological polar surface area (TPSA) is 85.3 Å². The standard InChI is InChI=1S/C32H45N5O2/c1-27(2)11-13-32(18-37-19-34-35-36-37)14-12-31(7)25(20(32)16-27)22(38)15-24-29(5)17-21(33-8)26(39)28(3,4)23(29)9-10-30(24,31)6/h15,19-20,23,25,39H,9-14,16-18H2,1-7H3/t20-,23-,25-,29-,30+,31+,32+/m0/s1. The molecule has 0 aromatic carbocycles. The minimum Gasteiger partial charge on any atom is -0.523 e. The SMILES string of the molecule is [C-]#[N+]C1=C(O)C(C)(C)[C@@H]2CC[C@]3(C)C(=CC(=O)[C@@H]4[C@@H]5CC(C)(C)CC[C@]5(Cn5cnnn5)CC[C@]43C)[C@@]2(C)C1. The fourth-order valence-corrected chi connectivity index (χ4v) is 10.8. The third-order valence-electron chi connectivity index (χ3n) is 13.1. The van der Waals surface area contributed by atoms with Crippen LogP contribution in [0.3, 0.4) is 0 Å². The van der Waals surface area contributed by atoms with Gasteiger partial charge in [0.15, 0.2) is 5.78 Å². The number of nitrogens with zero attached hydrogens (tertiary/aromatic N) is 5. The molecule has 3 saturated carbocycles. The molecule has 1 aromatic heterocycles. The number of allylic oxidation sites excluding steroid dienone is 4. The summed E-state index contributed by atoms with van der Waals surface area (Å²) in [7, 11) is 0. The second kappa shape index (κ2) is 8.04. The van der Waals surface area contributed by atoms with Crippen LogP contribution >= 0.6 is 0 Å². The Bertz CT molecular complexity index is 1320. The van der Waals surface area contributed by atoms with E-state index in [0.29, 0.717) is 12.1 Å². The zero-order chi connectivity index (χ0) is 28.2. The van der Waals surface area contributed by atoms with Gasteiger partial charge in [0.25, 0.3) is 0 Å². The van der Waals surface area contributed by atoms with Gasteiger partial charge < -0.3 is 5.11 Å². The minimum atomic E-state index is -0.489. The highest BCUT2D eigenvalue weighted by atomic mass is 16.3. The molecular weight excluding hydrogens is 486 g/mol. The normalized spacial score (nSPS) is 44.3. The number of ketones is 1. The second-order valence-corrected chi connectivity index (χ2v) is 15.8. The summed E-state index contributed by atoms with van der Waals surface area (Å²) in [6.07, 6.45) is 11.7. The van der Waals surface area contributed by atoms with E-state index in [1.54, 1.807) is 6.33 Å². The summed E-state index contributed by atoms with van der Waals surface area (Å²) in [5.41, 5.74) is 0.844. The molecule has 7 atom stereocenters. The molecule has 5 aliphatic carbocycles. The maximum Gasteiger partial charge on any atom is 0.203 e. The molecule has 1 aromatic rings. The van der Waals surface area contributed by atoms with Crippen molar-refractivity contribution in [2.45, 2.75) is 106 Å². The Morgan fingerprint density at radius 1 is 1.08 bits per heavy atom. The zero-order valence-electron chi connectivity index (χ0n) is 24.8. The van der Waals surface area contributed by atoms with Crippen LogP contribution in [0.25, 0.3) is 4.85 Å². The summed E-state index contributed by atoms with van der Waals surface area (Å²) in [5.74, 6) is 0.986. The Morgan fingerprint density at radius 2 is 1.79 bits per heavy atom. The lowest BCUT2D eigenvalue weighted by atomic mass is 9.34. The summed E-state index contributed by atoms with van der Waals surface area (Å²) >= 11 is 0. The number of tetrazole rings is 1. The van der Waals surface area contributed by atoms with E-state index in [0.717, 1.165) is 51.5 Å². The van der Waals surface area contributed by atoms with Crippen molar-refractivity contribution in [3.63, 3.8) is 0 Å². The van der Waals surface area contributed by atoms with Crippen LogP contribution in [0.4, 0.5) is 0 Å². The maximum atomic E-state index is 14.6. The fourth-order valence-electron chi connectivity index (χ4n) is 10.8. The van der Waals surface area contributed by atoms with Crippen LogP contribution in [0.5, 0.6) is 0 Å². The number of aromatic nitrogens is 4. The first-order chi connectivity index (χ1) is 18.1. The Morgan fingerprint density at radius 3 is 2.46 bits per heavy atom. The first-order valence-electron chi connectivity index (χ1n) is 14.9. The third-order valence-corrected chi connectivity index (χ3v) is 13.1. The van der Waals surface area contributed by atoms with Gasteiger partial charge in [-0.1, -0.05) is 54.0 Å². The van der Waals surface area contributed by atoms with Crippen LogP contribution < -0.4 is 0 Å². The predicted octanol–water partition coefficient (Wildman–Crippen LogP) is 6.95. The highest BCUT2D eigenvalue weighted by Gasteiger charge is 2.69. The number of aliphatic hydroxyl groups is 1. The third kappa shape index (κ3) is 3.39. The van der Waals surface area contributed by atoms with Gasteiger partial charge in [-0.3, -0.25) is 4.79 Å². The van der Waals surface area contributed by atoms with Crippen LogP contribution in [0, 0.1) is 56.8 Å². The van der Waals surface area contributed by atoms with Crippen molar-refractivity contribution >= 4 is 5.78 Å². The molecule has 210 valence electrons. The molecule has 0 saturated heterocycles. The number of fused-ring (bicyclic) bond motifs is 7. The lowest BCUT2D eigenvalue weighted by molar-refractivity contribution is -0.175. The maximum absolute atomic E-state index is 14.6. The molecule has 3 fully saturated rings. The molecule has 0 unspecified atom stereocenters. The molecule has 7 nitrogen and oxygen atoms in total. The van der Waals surface area contributed by atoms with Crippen LogP contribution in [-0.4, -0.2) is 31.1 Å². The Hall–Kier alpha value is -2.49. The van der Waals surface area contributed by atoms with Gasteiger partial charge in [-0.15, -0.1) is 5.10 Å². The monoisotopic (exact) mass is 531 g/mol. The van der Waals surface area contributed by atoms with Gasteiger partial charge in [-0.25, -0.2) is 9.53 Å². The predicted molar refractivity (Wildman–Crippen MR) is 149 cm³/mol. The van der Waals surface area contributed by atoms with Crippen LogP contribution in [0.2, 0.25) is 0 Å². The van der Waals surface area contributed by atoms with E-state index in [-0.39, 0.29) is 56.4 Å². The van der Waals surface area contributed by atoms with Gasteiger partial charge in [-0.05, 0) is 107 Å². The quantitative estimate of drug-likeness (QED) is 0.417. The first kappa shape index (κ1) is 26.7. The second-order valence-electron chi connectivity index (χ2n) is 15.8. The molecule has 1 N–H and O–H groups in total. The van der Waals surface area contributed by atoms with Gasteiger partial charge in [0, 0.05) is 11.3 Å². The largest absolute Gasteiger partial charge is 0.523 e. The number of hydrogen-bond acceptors (Lipinski definition) is 5. The lowest BCUT2D eigenvalue weighted by Gasteiger charge is -2.69. The van der Waals surface area contributed by atoms with Gasteiger partial charge in [-0.2, -0.15) is 0 Å². The number of hydrogen-bond donors (Lipinski definition) is 1. The molecule has 0 bridgehead atoms. The summed E-state index contributed by atoms with van der Waals surface area (Å²) in [6, 6.07) is 0. The van der Waals surface area contributed by atoms with E-state index in [2.05, 4.69) is 68.8 Å². The number of carbonyl (C=O) groups excluding carboxylic acids is 1. The van der Waals surface area contributed by atoms with E-state index >= 15 is 0 Å². The van der Waals surface area contributed by atoms with Crippen LogP contribution in [0.1, 0.15) is 99.8 Å². The molecule has 0 amide bonds. The molecule has 0 aliphatic heterocycles. The van der Waals surface area contributed by atoms with E-state index in [1.165, 1.54) is 5.57 Å². The van der Waals surface area contributed by atoms with E-state index < -0.39 is 5.41 Å². The number of rotatable bonds is 2. The minimum absolute atomic E-state index is 0.0200. The lowest BCUT2D eigenvalue weighted by Crippen LogP contribution is -2.65. The average Bonchev–Trinajstić information content (AvgIpc) is 3.36. The zero-order valence-corrected chi connectivity index (χ0v) is 24.8. The van der Waals surface area contributed by atoms with Crippen molar-refractivity contribution in [1.82, 2.24) is 20.2 Å². The molecule has 1 heterocycles. The Labute approximate surface area is 233 Å². The number of aliphatic hydroxyl groups excluding tert-OH is 1. The van der Waals surface area contributed by atoms with Gasteiger partial charge >= 0.3 is 0 Å². The highest BCUT2D eigenvalue weighted by molar-refractivity contribution is 5.95. The molecule has 6 rings (SSSR count). The van der Waals surface area contributed by atoms with Gasteiger partial charge in [0.05, 0.1) is 13.1 Å². The summed E-state index contributed by atoms with van der Waals surface area (Å²) in [4.78, 5) is 18.4. The van der Waals surface area contributed by atoms with Crippen molar-refractivity contribution in [2.75, 3.05) is 0 Å². The van der Waals surface area contributed by atoms with E-state index in [9.17, 15) is 9.90 Å². The van der Waals surface area contributed by atoms with Crippen molar-refractivity contribution in [1.29, 1.82) is 0 Å². The van der Waals surface area contributed by atoms with Crippen molar-refractivity contribution < 1.29 is 9.90 Å². The average molecular weight is 532 g/mol. The van der Waals surface area contributed by atoms with E-state index in [4.69, 9.17) is 6.57 Å². The van der Waals surface area contributed by atoms with Gasteiger partial charge in [0.1, 0.15) is 12.1 Å². The molecular formula is C32H45N5O2. The molecule has 0 spiro atoms. The molecule has 39 heavy (non-hydrogen) atoms. The molecule has 0 radical (unpaired) electrons. The fraction of sp³-hybridized carbons (Fsp3) is 0.781. The molecule has 5 aliphatic rings. The Balaban J connectivity index is 1.49. The van der Waals surface area contributed by atoms with Crippen molar-refractivity contribution in [3.8, 4) is 0 Å². The van der Waals surface area contributed by atoms with Crippen LogP contribution in [-0.2, 0) is 11.3 Å². The smallest absolute Gasteiger partial charge is 0.203 e. The Kier molecular flexibility index (Phi) is 5.51. The summed E-state index contributed by atoms with van der Waals surface area (Å²) in [5, 5.41) is 23.2. The van der Waals surface area contributed by atoms with Crippen molar-refractivity contribution in [3.05, 3.63) is 40.8 Å². The van der Waals surface area contributed by atoms with Gasteiger partial charge in [0.2, 0.25) is 5.70 Å². The first-order valence-corrected chi connectivity index (χ1v) is 14.9. The summed E-state index contributed by atoms with van der Waals surface area (Å²) < 4.78 is 1.89. The van der Waals surface area contributed by atoms with Crippen LogP contribution in [0.15, 0.2) is 29.4 Å². The van der Waals surface area contributed by atoms with Crippen molar-refractivity contribution in [2.24, 2.45) is 50.2 Å².